The van der Waals surface area contributed by atoms with E-state index in [-0.39, 0.29) is 10.9 Å². The number of nitrogens with one attached hydrogen (secondary N) is 2. The molecule has 0 bridgehead atoms. The van der Waals surface area contributed by atoms with Gasteiger partial charge in [-0.3, -0.25) is 4.57 Å². The zero-order chi connectivity index (χ0) is 27.4. The van der Waals surface area contributed by atoms with Crippen LogP contribution in [0, 0.1) is 0 Å². The third kappa shape index (κ3) is 6.37. The van der Waals surface area contributed by atoms with Crippen LogP contribution in [0.2, 0.25) is 0 Å². The van der Waals surface area contributed by atoms with Crippen LogP contribution in [0.5, 0.6) is 0 Å². The van der Waals surface area contributed by atoms with Crippen LogP contribution in [0.15, 0.2) is 53.7 Å². The number of benzene rings is 1. The molecule has 2 saturated heterocycles. The lowest BCUT2D eigenvalue weighted by molar-refractivity contribution is 0.197. The number of anilines is 2. The Balaban J connectivity index is 1.22. The Bertz CT molecular complexity index is 1390. The maximum absolute atomic E-state index is 13.4. The molecule has 3 aromatic rings. The van der Waals surface area contributed by atoms with Crippen molar-refractivity contribution in [3.05, 3.63) is 48.8 Å². The van der Waals surface area contributed by atoms with Crippen LogP contribution in [0.4, 0.5) is 16.3 Å². The number of carbonyl (C=O) groups excluding carboxylic acids is 1. The van der Waals surface area contributed by atoms with Crippen molar-refractivity contribution in [2.75, 3.05) is 62.6 Å². The second-order valence-electron chi connectivity index (χ2n) is 10.6. The first-order valence-corrected chi connectivity index (χ1v) is 15.4. The van der Waals surface area contributed by atoms with E-state index in [2.05, 4.69) is 38.7 Å². The highest BCUT2D eigenvalue weighted by molar-refractivity contribution is 7.89. The second-order valence-corrected chi connectivity index (χ2v) is 12.4. The third-order valence-corrected chi connectivity index (χ3v) is 8.89. The molecule has 0 spiro atoms. The minimum Gasteiger partial charge on any atom is -0.380 e. The van der Waals surface area contributed by atoms with Crippen LogP contribution in [-0.4, -0.2) is 92.2 Å². The summed E-state index contributed by atoms with van der Waals surface area (Å²) in [5.74, 6) is 0.906. The molecule has 11 heteroatoms. The Morgan fingerprint density at radius 3 is 2.51 bits per heavy atom. The van der Waals surface area contributed by atoms with Gasteiger partial charge in [0.25, 0.3) is 0 Å². The molecule has 2 N–H and O–H groups in total. The molecule has 2 aliphatic rings. The van der Waals surface area contributed by atoms with E-state index >= 15 is 0 Å². The zero-order valence-corrected chi connectivity index (χ0v) is 23.7. The van der Waals surface area contributed by atoms with Crippen LogP contribution in [0.3, 0.4) is 0 Å². The summed E-state index contributed by atoms with van der Waals surface area (Å²) in [7, 11) is -3.63. The molecule has 10 nitrogen and oxygen atoms in total. The number of piperidine rings is 1. The molecule has 5 rings (SSSR count). The summed E-state index contributed by atoms with van der Waals surface area (Å²) >= 11 is 0. The van der Waals surface area contributed by atoms with E-state index in [0.29, 0.717) is 44.3 Å². The number of piperazine rings is 1. The molecule has 0 unspecified atom stereocenters. The average Bonchev–Trinajstić information content (AvgIpc) is 3.37. The van der Waals surface area contributed by atoms with Gasteiger partial charge in [-0.15, -0.1) is 0 Å². The number of likely N-dealkylation sites (tertiary alicyclic amines) is 1. The van der Waals surface area contributed by atoms with Crippen molar-refractivity contribution in [1.29, 1.82) is 0 Å². The van der Waals surface area contributed by atoms with Crippen molar-refractivity contribution in [2.45, 2.75) is 44.0 Å². The Kier molecular flexibility index (Phi) is 8.39. The normalized spacial score (nSPS) is 17.2. The minimum atomic E-state index is -3.63. The van der Waals surface area contributed by atoms with Gasteiger partial charge in [-0.05, 0) is 76.2 Å². The molecule has 2 fully saturated rings. The van der Waals surface area contributed by atoms with Gasteiger partial charge >= 0.3 is 6.03 Å². The van der Waals surface area contributed by atoms with Crippen LogP contribution in [0.25, 0.3) is 10.9 Å². The molecular formula is C28H39N7O3S. The van der Waals surface area contributed by atoms with Crippen molar-refractivity contribution in [2.24, 2.45) is 0 Å². The monoisotopic (exact) mass is 553 g/mol. The highest BCUT2D eigenvalue weighted by atomic mass is 32.2. The third-order valence-electron chi connectivity index (χ3n) is 7.43. The van der Waals surface area contributed by atoms with E-state index in [1.54, 1.807) is 41.2 Å². The van der Waals surface area contributed by atoms with Crippen molar-refractivity contribution < 1.29 is 13.2 Å². The maximum Gasteiger partial charge on any atom is 0.328 e. The van der Waals surface area contributed by atoms with Gasteiger partial charge in [0.15, 0.2) is 5.82 Å². The van der Waals surface area contributed by atoms with Gasteiger partial charge in [-0.1, -0.05) is 6.42 Å². The number of sulfonamides is 1. The number of carbonyl (C=O) groups is 1. The van der Waals surface area contributed by atoms with Crippen LogP contribution >= 0.6 is 0 Å². The van der Waals surface area contributed by atoms with Crippen LogP contribution < -0.4 is 14.9 Å². The summed E-state index contributed by atoms with van der Waals surface area (Å²) in [6.45, 7) is 9.87. The average molecular weight is 554 g/mol. The van der Waals surface area contributed by atoms with Crippen molar-refractivity contribution in [1.82, 2.24) is 24.1 Å². The topological polar surface area (TPSA) is 103 Å². The molecule has 2 aliphatic heterocycles. The van der Waals surface area contributed by atoms with E-state index in [4.69, 9.17) is 0 Å². The van der Waals surface area contributed by atoms with E-state index in [1.165, 1.54) is 19.3 Å². The first-order valence-electron chi connectivity index (χ1n) is 13.9. The molecule has 0 aliphatic carbocycles. The highest BCUT2D eigenvalue weighted by Crippen LogP contribution is 2.26. The van der Waals surface area contributed by atoms with Crippen LogP contribution in [-0.2, 0) is 10.0 Å². The fourth-order valence-electron chi connectivity index (χ4n) is 5.39. The van der Waals surface area contributed by atoms with Gasteiger partial charge in [0.1, 0.15) is 0 Å². The van der Waals surface area contributed by atoms with Gasteiger partial charge in [0, 0.05) is 63.1 Å². The van der Waals surface area contributed by atoms with Gasteiger partial charge in [0.2, 0.25) is 10.0 Å². The SMILES string of the molecule is CC(C)Nc1cccnc1N1CCN(C(=O)n2ccc3cc(S(=O)(=O)NCCN4CCCCC4)ccc32)CC1. The van der Waals surface area contributed by atoms with E-state index in [0.717, 1.165) is 36.5 Å². The van der Waals surface area contributed by atoms with Gasteiger partial charge in [0.05, 0.1) is 16.1 Å². The number of pyridine rings is 1. The number of nitrogens with zero attached hydrogens (tertiary/aromatic N) is 5. The number of hydrogen-bond donors (Lipinski definition) is 2. The summed E-state index contributed by atoms with van der Waals surface area (Å²) in [5.41, 5.74) is 1.69. The minimum absolute atomic E-state index is 0.110. The maximum atomic E-state index is 13.4. The number of amides is 1. The lowest BCUT2D eigenvalue weighted by atomic mass is 10.1. The fraction of sp³-hybridized carbons (Fsp3) is 0.500. The van der Waals surface area contributed by atoms with Crippen molar-refractivity contribution in [3.63, 3.8) is 0 Å². The largest absolute Gasteiger partial charge is 0.380 e. The van der Waals surface area contributed by atoms with Gasteiger partial charge in [-0.25, -0.2) is 22.9 Å². The second kappa shape index (κ2) is 11.9. The smallest absolute Gasteiger partial charge is 0.328 e. The number of rotatable bonds is 8. The first-order chi connectivity index (χ1) is 18.8. The summed E-state index contributed by atoms with van der Waals surface area (Å²) in [6, 6.07) is 10.9. The highest BCUT2D eigenvalue weighted by Gasteiger charge is 2.25. The quantitative estimate of drug-likeness (QED) is 0.441. The molecule has 1 amide bonds. The Labute approximate surface area is 231 Å². The molecule has 0 saturated carbocycles. The molecule has 1 aromatic carbocycles. The number of hydrogen-bond acceptors (Lipinski definition) is 7. The van der Waals surface area contributed by atoms with E-state index in [1.807, 2.05) is 17.0 Å². The molecule has 0 radical (unpaired) electrons. The summed E-state index contributed by atoms with van der Waals surface area (Å²) in [4.78, 5) is 24.6. The first kappa shape index (κ1) is 27.4. The van der Waals surface area contributed by atoms with E-state index < -0.39 is 10.0 Å². The van der Waals surface area contributed by atoms with Gasteiger partial charge in [-0.2, -0.15) is 0 Å². The summed E-state index contributed by atoms with van der Waals surface area (Å²) in [6.07, 6.45) is 7.13. The van der Waals surface area contributed by atoms with E-state index in [9.17, 15) is 13.2 Å². The Morgan fingerprint density at radius 2 is 1.77 bits per heavy atom. The van der Waals surface area contributed by atoms with Crippen molar-refractivity contribution >= 4 is 38.5 Å². The molecule has 2 aromatic heterocycles. The summed E-state index contributed by atoms with van der Waals surface area (Å²) < 4.78 is 30.2. The number of fused-ring (bicyclic) bond motifs is 1. The Morgan fingerprint density at radius 1 is 1.00 bits per heavy atom. The fourth-order valence-corrected chi connectivity index (χ4v) is 6.45. The number of aromatic nitrogens is 2. The predicted octanol–water partition coefficient (Wildman–Crippen LogP) is 3.41. The van der Waals surface area contributed by atoms with Crippen molar-refractivity contribution in [3.8, 4) is 0 Å². The summed E-state index contributed by atoms with van der Waals surface area (Å²) in [5, 5.41) is 4.17. The lowest BCUT2D eigenvalue weighted by Crippen LogP contribution is -2.50. The molecule has 210 valence electrons. The lowest BCUT2D eigenvalue weighted by Gasteiger charge is -2.36. The molecule has 4 heterocycles. The molecule has 0 atom stereocenters. The molecule has 39 heavy (non-hydrogen) atoms. The Hall–Kier alpha value is -3.15. The van der Waals surface area contributed by atoms with Gasteiger partial charge < -0.3 is 20.0 Å². The zero-order valence-electron chi connectivity index (χ0n) is 22.8. The predicted molar refractivity (Wildman–Crippen MR) is 155 cm³/mol. The molecular weight excluding hydrogens is 514 g/mol. The standard InChI is InChI=1S/C28H39N7O3S/c1-22(2)31-25-7-6-11-29-27(25)33-17-19-34(20-18-33)28(36)35-15-10-23-21-24(8-9-26(23)35)39(37,38)30-12-16-32-13-4-3-5-14-32/h6-11,15,21-22,30-31H,3-5,12-14,16-20H2,1-2H3. The van der Waals surface area contributed by atoms with Crippen LogP contribution in [0.1, 0.15) is 33.1 Å².